The summed E-state index contributed by atoms with van der Waals surface area (Å²) in [6.07, 6.45) is 1.31. The van der Waals surface area contributed by atoms with Crippen LogP contribution in [0, 0.1) is 5.41 Å². The van der Waals surface area contributed by atoms with Crippen molar-refractivity contribution >= 4 is 11.8 Å². The molecule has 1 N–H and O–H groups in total. The number of nitrogens with zero attached hydrogens (tertiary/aromatic N) is 1. The molecule has 1 unspecified atom stereocenters. The Morgan fingerprint density at radius 3 is 2.44 bits per heavy atom. The van der Waals surface area contributed by atoms with Crippen molar-refractivity contribution in [2.24, 2.45) is 5.41 Å². The van der Waals surface area contributed by atoms with E-state index < -0.39 is 0 Å². The molecule has 1 fully saturated rings. The minimum absolute atomic E-state index is 0.223. The molecule has 0 saturated carbocycles. The zero-order valence-electron chi connectivity index (χ0n) is 13.2. The Morgan fingerprint density at radius 2 is 1.89 bits per heavy atom. The molecule has 108 valence electrons. The molecule has 3 heteroatoms. The van der Waals surface area contributed by atoms with Crippen LogP contribution in [0.4, 0.5) is 0 Å². The maximum absolute atomic E-state index is 3.65. The van der Waals surface area contributed by atoms with Crippen molar-refractivity contribution < 1.29 is 0 Å². The van der Waals surface area contributed by atoms with Gasteiger partial charge in [-0.25, -0.2) is 0 Å². The van der Waals surface area contributed by atoms with Gasteiger partial charge in [-0.3, -0.25) is 0 Å². The minimum atomic E-state index is 0.223. The van der Waals surface area contributed by atoms with Crippen molar-refractivity contribution in [3.8, 4) is 0 Å². The van der Waals surface area contributed by atoms with Gasteiger partial charge >= 0.3 is 0 Å². The Morgan fingerprint density at radius 1 is 1.22 bits per heavy atom. The molecule has 0 radical (unpaired) electrons. The predicted molar refractivity (Wildman–Crippen MR) is 84.5 cm³/mol. The van der Waals surface area contributed by atoms with Gasteiger partial charge in [-0.05, 0) is 32.6 Å². The molecule has 0 bridgehead atoms. The zero-order valence-corrected chi connectivity index (χ0v) is 14.0. The molecule has 18 heavy (non-hydrogen) atoms. The Labute approximate surface area is 118 Å². The van der Waals surface area contributed by atoms with E-state index in [0.717, 1.165) is 11.8 Å². The molecule has 1 atom stereocenters. The van der Waals surface area contributed by atoms with E-state index in [4.69, 9.17) is 0 Å². The van der Waals surface area contributed by atoms with Crippen molar-refractivity contribution in [1.82, 2.24) is 10.2 Å². The van der Waals surface area contributed by atoms with E-state index in [2.05, 4.69) is 63.5 Å². The van der Waals surface area contributed by atoms with Gasteiger partial charge in [0.25, 0.3) is 0 Å². The van der Waals surface area contributed by atoms with Gasteiger partial charge in [-0.2, -0.15) is 11.8 Å². The van der Waals surface area contributed by atoms with Crippen molar-refractivity contribution in [3.05, 3.63) is 0 Å². The van der Waals surface area contributed by atoms with Crippen LogP contribution >= 0.6 is 11.8 Å². The van der Waals surface area contributed by atoms with Crippen molar-refractivity contribution in [3.63, 3.8) is 0 Å². The molecule has 1 heterocycles. The molecule has 1 saturated heterocycles. The molecule has 0 aromatic heterocycles. The lowest BCUT2D eigenvalue weighted by atomic mass is 9.91. The second kappa shape index (κ2) is 6.62. The van der Waals surface area contributed by atoms with E-state index in [1.54, 1.807) is 0 Å². The normalized spacial score (nSPS) is 23.3. The van der Waals surface area contributed by atoms with Gasteiger partial charge in [0.2, 0.25) is 0 Å². The van der Waals surface area contributed by atoms with Gasteiger partial charge < -0.3 is 10.2 Å². The highest BCUT2D eigenvalue weighted by Gasteiger charge is 2.27. The molecular weight excluding hydrogens is 240 g/mol. The fourth-order valence-corrected chi connectivity index (χ4v) is 3.59. The van der Waals surface area contributed by atoms with Gasteiger partial charge in [-0.1, -0.05) is 20.8 Å². The molecule has 0 aliphatic carbocycles. The summed E-state index contributed by atoms with van der Waals surface area (Å²) in [5.74, 6) is 1.31. The van der Waals surface area contributed by atoms with E-state index in [1.807, 2.05) is 0 Å². The Balaban J connectivity index is 2.39. The van der Waals surface area contributed by atoms with Crippen LogP contribution in [0.5, 0.6) is 0 Å². The highest BCUT2D eigenvalue weighted by molar-refractivity contribution is 8.00. The van der Waals surface area contributed by atoms with Crippen LogP contribution in [-0.4, -0.2) is 47.6 Å². The molecule has 0 spiro atoms. The SMILES string of the molecule is CCC1CN(CC(C)(C)CNC(C)(C)C)CCS1. The maximum Gasteiger partial charge on any atom is 0.0172 e. The maximum atomic E-state index is 3.65. The van der Waals surface area contributed by atoms with Gasteiger partial charge in [0.15, 0.2) is 0 Å². The third-order valence-corrected chi connectivity index (χ3v) is 4.80. The molecule has 1 aliphatic heterocycles. The third-order valence-electron chi connectivity index (χ3n) is 3.43. The predicted octanol–water partition coefficient (Wildman–Crippen LogP) is 3.23. The molecule has 0 aromatic carbocycles. The quantitative estimate of drug-likeness (QED) is 0.827. The average Bonchev–Trinajstić information content (AvgIpc) is 2.25. The monoisotopic (exact) mass is 272 g/mol. The Bertz CT molecular complexity index is 245. The lowest BCUT2D eigenvalue weighted by molar-refractivity contribution is 0.168. The number of nitrogens with one attached hydrogen (secondary N) is 1. The highest BCUT2D eigenvalue weighted by atomic mass is 32.2. The van der Waals surface area contributed by atoms with Crippen molar-refractivity contribution in [1.29, 1.82) is 0 Å². The summed E-state index contributed by atoms with van der Waals surface area (Å²) in [5.41, 5.74) is 0.578. The molecule has 1 rings (SSSR count). The lowest BCUT2D eigenvalue weighted by Crippen LogP contribution is -2.48. The zero-order chi connectivity index (χ0) is 13.8. The summed E-state index contributed by atoms with van der Waals surface area (Å²) in [7, 11) is 0. The second-order valence-corrected chi connectivity index (χ2v) is 8.81. The van der Waals surface area contributed by atoms with Crippen molar-refractivity contribution in [2.75, 3.05) is 31.9 Å². The first-order valence-corrected chi connectivity index (χ1v) is 8.36. The smallest absolute Gasteiger partial charge is 0.0172 e. The van der Waals surface area contributed by atoms with Gasteiger partial charge in [-0.15, -0.1) is 0 Å². The van der Waals surface area contributed by atoms with Crippen molar-refractivity contribution in [2.45, 2.75) is 58.8 Å². The Kier molecular flexibility index (Phi) is 6.01. The number of hydrogen-bond donors (Lipinski definition) is 1. The number of hydrogen-bond acceptors (Lipinski definition) is 3. The first kappa shape index (κ1) is 16.3. The second-order valence-electron chi connectivity index (χ2n) is 7.40. The number of thioether (sulfide) groups is 1. The van der Waals surface area contributed by atoms with E-state index >= 15 is 0 Å². The average molecular weight is 273 g/mol. The highest BCUT2D eigenvalue weighted by Crippen LogP contribution is 2.25. The van der Waals surface area contributed by atoms with Crippen LogP contribution in [0.3, 0.4) is 0 Å². The summed E-state index contributed by atoms with van der Waals surface area (Å²) < 4.78 is 0. The van der Waals surface area contributed by atoms with Crippen LogP contribution in [0.2, 0.25) is 0 Å². The molecule has 0 aromatic rings. The summed E-state index contributed by atoms with van der Waals surface area (Å²) in [5, 5.41) is 4.50. The van der Waals surface area contributed by atoms with E-state index in [0.29, 0.717) is 5.41 Å². The van der Waals surface area contributed by atoms with Crippen LogP contribution in [0.1, 0.15) is 48.0 Å². The fraction of sp³-hybridized carbons (Fsp3) is 1.00. The first-order chi connectivity index (χ1) is 8.22. The summed E-state index contributed by atoms with van der Waals surface area (Å²) in [6.45, 7) is 18.7. The van der Waals surface area contributed by atoms with E-state index in [9.17, 15) is 0 Å². The molecule has 2 nitrogen and oxygen atoms in total. The third kappa shape index (κ3) is 6.44. The van der Waals surface area contributed by atoms with Crippen LogP contribution in [0.25, 0.3) is 0 Å². The molecular formula is C15H32N2S. The number of rotatable bonds is 5. The molecule has 1 aliphatic rings. The van der Waals surface area contributed by atoms with E-state index in [-0.39, 0.29) is 5.54 Å². The summed E-state index contributed by atoms with van der Waals surface area (Å²) in [6, 6.07) is 0. The van der Waals surface area contributed by atoms with Crippen LogP contribution in [0.15, 0.2) is 0 Å². The van der Waals surface area contributed by atoms with E-state index in [1.165, 1.54) is 31.8 Å². The van der Waals surface area contributed by atoms with Crippen LogP contribution in [-0.2, 0) is 0 Å². The Hall–Kier alpha value is 0.270. The standard InChI is InChI=1S/C15H32N2S/c1-7-13-10-17(8-9-18-13)12-15(5,6)11-16-14(2,3)4/h13,16H,7-12H2,1-6H3. The topological polar surface area (TPSA) is 15.3 Å². The minimum Gasteiger partial charge on any atom is -0.311 e. The van der Waals surface area contributed by atoms with Gasteiger partial charge in [0.1, 0.15) is 0 Å². The summed E-state index contributed by atoms with van der Waals surface area (Å²) in [4.78, 5) is 2.66. The molecule has 0 amide bonds. The van der Waals surface area contributed by atoms with Crippen LogP contribution < -0.4 is 5.32 Å². The summed E-state index contributed by atoms with van der Waals surface area (Å²) >= 11 is 2.15. The fourth-order valence-electron chi connectivity index (χ4n) is 2.34. The lowest BCUT2D eigenvalue weighted by Gasteiger charge is -2.39. The van der Waals surface area contributed by atoms with Gasteiger partial charge in [0, 0.05) is 42.7 Å². The largest absolute Gasteiger partial charge is 0.311 e. The van der Waals surface area contributed by atoms with Gasteiger partial charge in [0.05, 0.1) is 0 Å². The first-order valence-electron chi connectivity index (χ1n) is 7.31.